The van der Waals surface area contributed by atoms with Gasteiger partial charge in [-0.25, -0.2) is 9.18 Å². The molecule has 3 rings (SSSR count). The summed E-state index contributed by atoms with van der Waals surface area (Å²) in [5.41, 5.74) is 0.300. The number of halogens is 1. The summed E-state index contributed by atoms with van der Waals surface area (Å²) in [7, 11) is 0. The van der Waals surface area contributed by atoms with E-state index in [0.29, 0.717) is 24.0 Å². The Morgan fingerprint density at radius 1 is 1.26 bits per heavy atom. The van der Waals surface area contributed by atoms with Crippen molar-refractivity contribution in [2.24, 2.45) is 5.92 Å². The van der Waals surface area contributed by atoms with Crippen molar-refractivity contribution in [3.63, 3.8) is 0 Å². The number of hydrogen-bond donors (Lipinski definition) is 0. The molecule has 5 nitrogen and oxygen atoms in total. The maximum Gasteiger partial charge on any atom is 0.410 e. The minimum atomic E-state index is -0.559. The molecule has 1 aromatic rings. The SMILES string of the molecule is CC(C)(C)OC(=O)N1C2CCC1CC(C(=O)c1cc(F)ccc1CC#N)C2. The highest BCUT2D eigenvalue weighted by Crippen LogP contribution is 2.41. The van der Waals surface area contributed by atoms with E-state index >= 15 is 0 Å². The van der Waals surface area contributed by atoms with Crippen LogP contribution in [0.5, 0.6) is 0 Å². The van der Waals surface area contributed by atoms with Crippen LogP contribution in [0.3, 0.4) is 0 Å². The molecule has 144 valence electrons. The van der Waals surface area contributed by atoms with E-state index in [2.05, 4.69) is 0 Å². The van der Waals surface area contributed by atoms with Crippen molar-refractivity contribution < 1.29 is 18.7 Å². The van der Waals surface area contributed by atoms with Gasteiger partial charge in [0.25, 0.3) is 0 Å². The van der Waals surface area contributed by atoms with E-state index in [4.69, 9.17) is 10.00 Å². The molecule has 2 saturated heterocycles. The highest BCUT2D eigenvalue weighted by Gasteiger charge is 2.46. The second-order valence-electron chi connectivity index (χ2n) is 8.44. The van der Waals surface area contributed by atoms with Crippen molar-refractivity contribution in [1.29, 1.82) is 5.26 Å². The number of fused-ring (bicyclic) bond motifs is 2. The standard InChI is InChI=1S/C21H25FN2O3/c1-21(2,3)27-20(26)24-16-6-7-17(24)11-14(10-16)19(25)18-12-15(22)5-4-13(18)8-9-23/h4-5,12,14,16-17H,6-8,10-11H2,1-3H3. The third-order valence-electron chi connectivity index (χ3n) is 5.32. The minimum Gasteiger partial charge on any atom is -0.444 e. The summed E-state index contributed by atoms with van der Waals surface area (Å²) in [5.74, 6) is -0.866. The number of nitrogens with zero attached hydrogens (tertiary/aromatic N) is 2. The van der Waals surface area contributed by atoms with Gasteiger partial charge in [-0.15, -0.1) is 0 Å². The van der Waals surface area contributed by atoms with Crippen LogP contribution >= 0.6 is 0 Å². The predicted molar refractivity (Wildman–Crippen MR) is 97.7 cm³/mol. The van der Waals surface area contributed by atoms with Crippen LogP contribution in [0.25, 0.3) is 0 Å². The Morgan fingerprint density at radius 2 is 1.89 bits per heavy atom. The van der Waals surface area contributed by atoms with E-state index < -0.39 is 11.4 Å². The summed E-state index contributed by atoms with van der Waals surface area (Å²) in [4.78, 5) is 27.4. The normalized spacial score (nSPS) is 24.4. The number of hydrogen-bond acceptors (Lipinski definition) is 4. The van der Waals surface area contributed by atoms with Gasteiger partial charge >= 0.3 is 6.09 Å². The van der Waals surface area contributed by atoms with Crippen LogP contribution < -0.4 is 0 Å². The van der Waals surface area contributed by atoms with Gasteiger partial charge in [-0.3, -0.25) is 4.79 Å². The largest absolute Gasteiger partial charge is 0.444 e. The number of Topliss-reactive ketones (excluding diaryl/α,β-unsaturated/α-hetero) is 1. The lowest BCUT2D eigenvalue weighted by Crippen LogP contribution is -2.49. The maximum atomic E-state index is 13.7. The van der Waals surface area contributed by atoms with Gasteiger partial charge < -0.3 is 9.64 Å². The summed E-state index contributed by atoms with van der Waals surface area (Å²) < 4.78 is 19.2. The number of ether oxygens (including phenoxy) is 1. The highest BCUT2D eigenvalue weighted by molar-refractivity contribution is 5.99. The second-order valence-corrected chi connectivity index (χ2v) is 8.44. The molecule has 1 aromatic carbocycles. The van der Waals surface area contributed by atoms with Crippen molar-refractivity contribution in [1.82, 2.24) is 4.90 Å². The number of ketones is 1. The molecular formula is C21H25FN2O3. The van der Waals surface area contributed by atoms with Gasteiger partial charge in [0.15, 0.2) is 5.78 Å². The molecule has 27 heavy (non-hydrogen) atoms. The van der Waals surface area contributed by atoms with Crippen molar-refractivity contribution in [3.8, 4) is 6.07 Å². The number of carbonyl (C=O) groups excluding carboxylic acids is 2. The Kier molecular flexibility index (Phi) is 5.23. The Morgan fingerprint density at radius 3 is 2.44 bits per heavy atom. The first-order valence-electron chi connectivity index (χ1n) is 9.40. The van der Waals surface area contributed by atoms with Gasteiger partial charge in [-0.05, 0) is 64.2 Å². The summed E-state index contributed by atoms with van der Waals surface area (Å²) in [5, 5.41) is 8.98. The fourth-order valence-electron chi connectivity index (χ4n) is 4.24. The van der Waals surface area contributed by atoms with Gasteiger partial charge in [0, 0.05) is 23.6 Å². The van der Waals surface area contributed by atoms with E-state index in [1.165, 1.54) is 18.2 Å². The average molecular weight is 372 g/mol. The first kappa shape index (κ1) is 19.3. The Balaban J connectivity index is 1.77. The first-order valence-corrected chi connectivity index (χ1v) is 9.40. The second kappa shape index (κ2) is 7.30. The molecule has 0 aliphatic carbocycles. The third kappa shape index (κ3) is 4.13. The van der Waals surface area contributed by atoms with Crippen molar-refractivity contribution >= 4 is 11.9 Å². The fourth-order valence-corrected chi connectivity index (χ4v) is 4.24. The van der Waals surface area contributed by atoms with Crippen molar-refractivity contribution in [2.45, 2.75) is 70.6 Å². The molecule has 0 N–H and O–H groups in total. The van der Waals surface area contributed by atoms with Gasteiger partial charge in [0.2, 0.25) is 0 Å². The highest BCUT2D eigenvalue weighted by atomic mass is 19.1. The first-order chi connectivity index (χ1) is 12.7. The van der Waals surface area contributed by atoms with Crippen LogP contribution in [-0.4, -0.2) is 34.5 Å². The molecule has 0 spiro atoms. The van der Waals surface area contributed by atoms with E-state index in [1.807, 2.05) is 26.8 Å². The van der Waals surface area contributed by atoms with E-state index in [0.717, 1.165) is 12.8 Å². The zero-order chi connectivity index (χ0) is 19.8. The Bertz CT molecular complexity index is 780. The molecule has 2 aliphatic rings. The molecule has 6 heteroatoms. The van der Waals surface area contributed by atoms with Crippen LogP contribution in [-0.2, 0) is 11.2 Å². The zero-order valence-corrected chi connectivity index (χ0v) is 16.0. The molecule has 0 aromatic heterocycles. The summed E-state index contributed by atoms with van der Waals surface area (Å²) in [6.45, 7) is 5.51. The smallest absolute Gasteiger partial charge is 0.410 e. The lowest BCUT2D eigenvalue weighted by Gasteiger charge is -2.39. The summed E-state index contributed by atoms with van der Waals surface area (Å²) >= 11 is 0. The van der Waals surface area contributed by atoms with Crippen molar-refractivity contribution in [2.75, 3.05) is 0 Å². The van der Waals surface area contributed by atoms with Crippen LogP contribution in [0.4, 0.5) is 9.18 Å². The number of carbonyl (C=O) groups is 2. The molecule has 2 fully saturated rings. The average Bonchev–Trinajstić information content (AvgIpc) is 2.85. The molecule has 2 unspecified atom stereocenters. The molecular weight excluding hydrogens is 347 g/mol. The molecule has 0 radical (unpaired) electrons. The van der Waals surface area contributed by atoms with Crippen LogP contribution in [0.15, 0.2) is 18.2 Å². The summed E-state index contributed by atoms with van der Waals surface area (Å²) in [6.07, 6.45) is 2.56. The van der Waals surface area contributed by atoms with E-state index in [1.54, 1.807) is 4.90 Å². The molecule has 2 aliphatic heterocycles. The quantitative estimate of drug-likeness (QED) is 0.744. The van der Waals surface area contributed by atoms with E-state index in [-0.39, 0.29) is 36.3 Å². The molecule has 0 saturated carbocycles. The van der Waals surface area contributed by atoms with Crippen LogP contribution in [0.1, 0.15) is 62.4 Å². The lowest BCUT2D eigenvalue weighted by atomic mass is 9.83. The molecule has 1 amide bonds. The lowest BCUT2D eigenvalue weighted by molar-refractivity contribution is 0.00253. The van der Waals surface area contributed by atoms with Gasteiger partial charge in [-0.2, -0.15) is 5.26 Å². The molecule has 2 bridgehead atoms. The zero-order valence-electron chi connectivity index (χ0n) is 16.0. The summed E-state index contributed by atoms with van der Waals surface area (Å²) in [6, 6.07) is 6.00. The molecule has 2 atom stereocenters. The van der Waals surface area contributed by atoms with Gasteiger partial charge in [0.1, 0.15) is 11.4 Å². The Hall–Kier alpha value is -2.42. The van der Waals surface area contributed by atoms with E-state index in [9.17, 15) is 14.0 Å². The van der Waals surface area contributed by atoms with Crippen LogP contribution in [0.2, 0.25) is 0 Å². The minimum absolute atomic E-state index is 0.0273. The number of piperidine rings is 1. The molecule has 2 heterocycles. The number of amides is 1. The topological polar surface area (TPSA) is 70.4 Å². The van der Waals surface area contributed by atoms with Crippen LogP contribution in [0, 0.1) is 23.1 Å². The van der Waals surface area contributed by atoms with Gasteiger partial charge in [0.05, 0.1) is 12.5 Å². The fraction of sp³-hybridized carbons (Fsp3) is 0.571. The number of benzene rings is 1. The monoisotopic (exact) mass is 372 g/mol. The number of rotatable bonds is 3. The number of nitriles is 1. The third-order valence-corrected chi connectivity index (χ3v) is 5.32. The van der Waals surface area contributed by atoms with Gasteiger partial charge in [-0.1, -0.05) is 6.07 Å². The van der Waals surface area contributed by atoms with Crippen molar-refractivity contribution in [3.05, 3.63) is 35.1 Å². The Labute approximate surface area is 159 Å². The predicted octanol–water partition coefficient (Wildman–Crippen LogP) is 4.25. The maximum absolute atomic E-state index is 13.7.